The van der Waals surface area contributed by atoms with Gasteiger partial charge in [-0.25, -0.2) is 4.79 Å². The van der Waals surface area contributed by atoms with E-state index in [1.165, 1.54) is 16.8 Å². The minimum Gasteiger partial charge on any atom is -0.434 e. The van der Waals surface area contributed by atoms with Crippen LogP contribution in [-0.2, 0) is 11.2 Å². The average Bonchev–Trinajstić information content (AvgIpc) is 3.20. The molecule has 0 amide bonds. The van der Waals surface area contributed by atoms with Crippen molar-refractivity contribution in [2.45, 2.75) is 39.5 Å². The highest BCUT2D eigenvalue weighted by atomic mass is 16.7. The number of aromatic nitrogens is 2. The van der Waals surface area contributed by atoms with Crippen molar-refractivity contribution in [3.05, 3.63) is 40.7 Å². The second-order valence-electron chi connectivity index (χ2n) is 7.89. The fourth-order valence-electron chi connectivity index (χ4n) is 4.56. The number of hydrogen-bond donors (Lipinski definition) is 2. The maximum atomic E-state index is 12.2. The molecule has 0 radical (unpaired) electrons. The number of H-pyrrole nitrogens is 2. The third kappa shape index (κ3) is 2.49. The second-order valence-corrected chi connectivity index (χ2v) is 7.89. The standard InChI is InChI=1S/C23H24N2O3/c1-4-27-23(26)28-22-20-15(14-9-8-12(2)10-18(14)25-20)11-16-19-13(3)6-5-7-17(19)24-21(16)22/h5,7-9,11-13,24-25H,4,6,10H2,1-3H3. The zero-order chi connectivity index (χ0) is 19.4. The van der Waals surface area contributed by atoms with Gasteiger partial charge in [0.15, 0.2) is 5.75 Å². The second kappa shape index (κ2) is 6.30. The maximum Gasteiger partial charge on any atom is 0.513 e. The fraction of sp³-hybridized carbons (Fsp3) is 0.348. The molecule has 0 spiro atoms. The van der Waals surface area contributed by atoms with Crippen LogP contribution in [0.15, 0.2) is 18.2 Å². The molecule has 2 aromatic heterocycles. The van der Waals surface area contributed by atoms with Crippen LogP contribution in [0.4, 0.5) is 4.79 Å². The molecule has 0 bridgehead atoms. The molecule has 2 aliphatic rings. The lowest BCUT2D eigenvalue weighted by Gasteiger charge is -2.14. The van der Waals surface area contributed by atoms with Gasteiger partial charge in [0.05, 0.1) is 17.6 Å². The van der Waals surface area contributed by atoms with E-state index in [1.807, 2.05) is 0 Å². The minimum atomic E-state index is -0.677. The minimum absolute atomic E-state index is 0.278. The summed E-state index contributed by atoms with van der Waals surface area (Å²) in [7, 11) is 0. The van der Waals surface area contributed by atoms with Crippen LogP contribution in [0.25, 0.3) is 34.0 Å². The zero-order valence-corrected chi connectivity index (χ0v) is 16.4. The van der Waals surface area contributed by atoms with E-state index in [2.05, 4.69) is 54.2 Å². The summed E-state index contributed by atoms with van der Waals surface area (Å²) >= 11 is 0. The fourth-order valence-corrected chi connectivity index (χ4v) is 4.56. The van der Waals surface area contributed by atoms with E-state index in [9.17, 15) is 4.79 Å². The van der Waals surface area contributed by atoms with Crippen LogP contribution in [0.5, 0.6) is 5.75 Å². The Labute approximate surface area is 163 Å². The van der Waals surface area contributed by atoms with Gasteiger partial charge in [-0.2, -0.15) is 0 Å². The Morgan fingerprint density at radius 1 is 1.18 bits per heavy atom. The van der Waals surface area contributed by atoms with Gasteiger partial charge in [-0.3, -0.25) is 0 Å². The van der Waals surface area contributed by atoms with Crippen molar-refractivity contribution < 1.29 is 14.3 Å². The Morgan fingerprint density at radius 2 is 2.00 bits per heavy atom. The molecule has 5 heteroatoms. The maximum absolute atomic E-state index is 12.2. The average molecular weight is 376 g/mol. The van der Waals surface area contributed by atoms with Crippen molar-refractivity contribution >= 4 is 40.1 Å². The first-order valence-corrected chi connectivity index (χ1v) is 9.99. The van der Waals surface area contributed by atoms with Crippen LogP contribution < -0.4 is 4.74 Å². The predicted molar refractivity (Wildman–Crippen MR) is 112 cm³/mol. The molecular weight excluding hydrogens is 352 g/mol. The number of fused-ring (bicyclic) bond motifs is 6. The first-order valence-electron chi connectivity index (χ1n) is 9.99. The van der Waals surface area contributed by atoms with E-state index in [4.69, 9.17) is 9.47 Å². The Balaban J connectivity index is 1.82. The number of carbonyl (C=O) groups excluding carboxylic acids is 1. The summed E-state index contributed by atoms with van der Waals surface area (Å²) in [6, 6.07) is 2.24. The van der Waals surface area contributed by atoms with Crippen molar-refractivity contribution in [2.24, 2.45) is 5.92 Å². The molecule has 5 nitrogen and oxygen atoms in total. The molecular formula is C23H24N2O3. The SMILES string of the molecule is CCOC(=O)Oc1c2[nH]c3c(c2cc2c4c([nH]c12)C=CCC4C)C=CC(C)C3. The molecule has 2 atom stereocenters. The van der Waals surface area contributed by atoms with E-state index in [0.717, 1.165) is 40.3 Å². The number of allylic oxidation sites excluding steroid dienone is 2. The smallest absolute Gasteiger partial charge is 0.434 e. The van der Waals surface area contributed by atoms with Gasteiger partial charge in [0.1, 0.15) is 0 Å². The Hall–Kier alpha value is -2.95. The van der Waals surface area contributed by atoms with Gasteiger partial charge < -0.3 is 19.4 Å². The zero-order valence-electron chi connectivity index (χ0n) is 16.4. The van der Waals surface area contributed by atoms with Crippen LogP contribution in [0.3, 0.4) is 0 Å². The molecule has 2 N–H and O–H groups in total. The number of nitrogens with one attached hydrogen (secondary N) is 2. The summed E-state index contributed by atoms with van der Waals surface area (Å²) in [5.74, 6) is 1.42. The summed E-state index contributed by atoms with van der Waals surface area (Å²) in [6.45, 7) is 6.49. The number of ether oxygens (including phenoxy) is 2. The molecule has 28 heavy (non-hydrogen) atoms. The first-order chi connectivity index (χ1) is 13.6. The summed E-state index contributed by atoms with van der Waals surface area (Å²) in [5, 5.41) is 2.21. The monoisotopic (exact) mass is 376 g/mol. The molecule has 0 saturated carbocycles. The van der Waals surface area contributed by atoms with Gasteiger partial charge in [-0.15, -0.1) is 0 Å². The number of hydrogen-bond acceptors (Lipinski definition) is 3. The molecule has 144 valence electrons. The molecule has 5 rings (SSSR count). The van der Waals surface area contributed by atoms with Crippen molar-refractivity contribution in [3.8, 4) is 5.75 Å². The molecule has 0 aliphatic heterocycles. The van der Waals surface area contributed by atoms with Crippen molar-refractivity contribution in [2.75, 3.05) is 6.61 Å². The first kappa shape index (κ1) is 17.2. The van der Waals surface area contributed by atoms with E-state index in [0.29, 0.717) is 17.6 Å². The van der Waals surface area contributed by atoms with Gasteiger partial charge in [0.2, 0.25) is 0 Å². The number of carbonyl (C=O) groups is 1. The van der Waals surface area contributed by atoms with Crippen molar-refractivity contribution in [1.29, 1.82) is 0 Å². The van der Waals surface area contributed by atoms with Gasteiger partial charge >= 0.3 is 6.16 Å². The van der Waals surface area contributed by atoms with Crippen LogP contribution in [0.2, 0.25) is 0 Å². The van der Waals surface area contributed by atoms with Crippen molar-refractivity contribution in [3.63, 3.8) is 0 Å². The third-order valence-corrected chi connectivity index (χ3v) is 5.84. The van der Waals surface area contributed by atoms with Gasteiger partial charge in [0.25, 0.3) is 0 Å². The molecule has 0 fully saturated rings. The summed E-state index contributed by atoms with van der Waals surface area (Å²) in [5.41, 5.74) is 6.45. The lowest BCUT2D eigenvalue weighted by molar-refractivity contribution is 0.105. The summed E-state index contributed by atoms with van der Waals surface area (Å²) < 4.78 is 10.8. The largest absolute Gasteiger partial charge is 0.513 e. The summed E-state index contributed by atoms with van der Waals surface area (Å²) in [6.07, 6.45) is 10.0. The Kier molecular flexibility index (Phi) is 3.86. The van der Waals surface area contributed by atoms with Gasteiger partial charge in [-0.05, 0) is 49.3 Å². The van der Waals surface area contributed by atoms with Crippen molar-refractivity contribution in [1.82, 2.24) is 9.97 Å². The lowest BCUT2D eigenvalue weighted by Crippen LogP contribution is -2.10. The highest BCUT2D eigenvalue weighted by Crippen LogP contribution is 2.44. The highest BCUT2D eigenvalue weighted by Gasteiger charge is 2.26. The third-order valence-electron chi connectivity index (χ3n) is 5.84. The molecule has 2 unspecified atom stereocenters. The highest BCUT2D eigenvalue weighted by molar-refractivity contribution is 6.09. The van der Waals surface area contributed by atoms with Crippen LogP contribution in [0, 0.1) is 5.92 Å². The molecule has 2 aliphatic carbocycles. The quantitative estimate of drug-likeness (QED) is 0.431. The van der Waals surface area contributed by atoms with E-state index in [-0.39, 0.29) is 6.61 Å². The number of aromatic amines is 2. The Morgan fingerprint density at radius 3 is 2.82 bits per heavy atom. The van der Waals surface area contributed by atoms with Gasteiger partial charge in [-0.1, -0.05) is 32.1 Å². The summed E-state index contributed by atoms with van der Waals surface area (Å²) in [4.78, 5) is 19.2. The number of rotatable bonds is 2. The topological polar surface area (TPSA) is 67.1 Å². The van der Waals surface area contributed by atoms with Crippen LogP contribution >= 0.6 is 0 Å². The molecule has 2 heterocycles. The van der Waals surface area contributed by atoms with E-state index in [1.54, 1.807) is 6.92 Å². The normalized spacial score (nSPS) is 20.4. The molecule has 0 saturated heterocycles. The lowest BCUT2D eigenvalue weighted by atomic mass is 9.89. The predicted octanol–water partition coefficient (Wildman–Crippen LogP) is 5.91. The van der Waals surface area contributed by atoms with E-state index < -0.39 is 6.16 Å². The van der Waals surface area contributed by atoms with Crippen LogP contribution in [0.1, 0.15) is 55.6 Å². The van der Waals surface area contributed by atoms with Crippen LogP contribution in [-0.4, -0.2) is 22.7 Å². The van der Waals surface area contributed by atoms with Gasteiger partial charge in [0, 0.05) is 27.7 Å². The molecule has 1 aromatic carbocycles. The number of benzene rings is 1. The van der Waals surface area contributed by atoms with E-state index >= 15 is 0 Å². The Bertz CT molecular complexity index is 1160. The molecule has 3 aromatic rings.